The molecule has 4 saturated carbocycles. The molecule has 0 aromatic heterocycles. The van der Waals surface area contributed by atoms with Crippen LogP contribution in [-0.2, 0) is 4.79 Å². The summed E-state index contributed by atoms with van der Waals surface area (Å²) < 4.78 is 6.41. The van der Waals surface area contributed by atoms with Gasteiger partial charge in [-0.25, -0.2) is 0 Å². The van der Waals surface area contributed by atoms with Gasteiger partial charge in [0.05, 0.1) is 12.0 Å². The first-order valence-electron chi connectivity index (χ1n) is 12.1. The fraction of sp³-hybridized carbons (Fsp3) is 0.692. The van der Waals surface area contributed by atoms with Crippen molar-refractivity contribution in [1.29, 1.82) is 0 Å². The lowest BCUT2D eigenvalue weighted by Crippen LogP contribution is -2.53. The number of fused-ring (bicyclic) bond motifs is 1. The second-order valence-corrected chi connectivity index (χ2v) is 11.9. The summed E-state index contributed by atoms with van der Waals surface area (Å²) in [5.74, 6) is 3.73. The van der Waals surface area contributed by atoms with Gasteiger partial charge >= 0.3 is 0 Å². The van der Waals surface area contributed by atoms with Crippen LogP contribution >= 0.6 is 11.6 Å². The average Bonchev–Trinajstić information content (AvgIpc) is 2.69. The molecule has 166 valence electrons. The number of carbonyl (C=O) groups is 2. The number of benzene rings is 1. The fourth-order valence-electron chi connectivity index (χ4n) is 8.00. The van der Waals surface area contributed by atoms with Crippen LogP contribution in [-0.4, -0.2) is 35.3 Å². The number of piperidine rings is 1. The molecule has 2 aliphatic heterocycles. The predicted octanol–water partition coefficient (Wildman–Crippen LogP) is 5.58. The van der Waals surface area contributed by atoms with Crippen LogP contribution in [0.1, 0.15) is 80.1 Å². The van der Waals surface area contributed by atoms with Gasteiger partial charge in [-0.15, -0.1) is 0 Å². The summed E-state index contributed by atoms with van der Waals surface area (Å²) in [5, 5.41) is 0.608. The summed E-state index contributed by atoms with van der Waals surface area (Å²) >= 11 is 6.22. The largest absolute Gasteiger partial charge is 0.486 e. The van der Waals surface area contributed by atoms with Gasteiger partial charge in [0.1, 0.15) is 11.4 Å². The molecule has 2 heterocycles. The highest BCUT2D eigenvalue weighted by molar-refractivity contribution is 6.31. The summed E-state index contributed by atoms with van der Waals surface area (Å²) in [6.07, 6.45) is 10.7. The van der Waals surface area contributed by atoms with Gasteiger partial charge in [-0.05, 0) is 86.3 Å². The Bertz CT molecular complexity index is 911. The lowest BCUT2D eigenvalue weighted by Gasteiger charge is -2.57. The van der Waals surface area contributed by atoms with Crippen molar-refractivity contribution < 1.29 is 14.3 Å². The van der Waals surface area contributed by atoms with E-state index in [1.807, 2.05) is 13.0 Å². The molecule has 4 aliphatic carbocycles. The Kier molecular flexibility index (Phi) is 4.52. The molecule has 4 nitrogen and oxygen atoms in total. The minimum absolute atomic E-state index is 0.108. The molecule has 7 rings (SSSR count). The van der Waals surface area contributed by atoms with Gasteiger partial charge in [-0.2, -0.15) is 0 Å². The van der Waals surface area contributed by atoms with Crippen molar-refractivity contribution in [2.45, 2.75) is 76.7 Å². The standard InChI is InChI=1S/C26H32ClNO3/c1-16-6-23-20(10-21(16)27)22(29)14-26(31-23)2-4-28(5-3-26)24(30)15-25-11-17-7-18(12-25)9-19(8-17)13-25/h6,10,17-19H,2-5,7-9,11-15H2,1H3. The smallest absolute Gasteiger partial charge is 0.223 e. The van der Waals surface area contributed by atoms with Gasteiger partial charge in [-0.3, -0.25) is 9.59 Å². The lowest BCUT2D eigenvalue weighted by atomic mass is 9.49. The Morgan fingerprint density at radius 3 is 2.32 bits per heavy atom. The molecule has 1 aromatic rings. The minimum atomic E-state index is -0.470. The Morgan fingerprint density at radius 2 is 1.71 bits per heavy atom. The number of nitrogens with zero attached hydrogens (tertiary/aromatic N) is 1. The van der Waals surface area contributed by atoms with E-state index in [0.29, 0.717) is 41.8 Å². The number of halogens is 1. The van der Waals surface area contributed by atoms with E-state index in [4.69, 9.17) is 16.3 Å². The van der Waals surface area contributed by atoms with Gasteiger partial charge in [0.2, 0.25) is 5.91 Å². The highest BCUT2D eigenvalue weighted by Gasteiger charge is 2.52. The molecule has 0 atom stereocenters. The molecule has 31 heavy (non-hydrogen) atoms. The van der Waals surface area contributed by atoms with Crippen LogP contribution in [0, 0.1) is 30.1 Å². The van der Waals surface area contributed by atoms with Crippen LogP contribution in [0.5, 0.6) is 5.75 Å². The quantitative estimate of drug-likeness (QED) is 0.601. The highest BCUT2D eigenvalue weighted by Crippen LogP contribution is 2.61. The first kappa shape index (κ1) is 20.1. The van der Waals surface area contributed by atoms with Crippen LogP contribution in [0.4, 0.5) is 0 Å². The molecule has 4 bridgehead atoms. The number of amides is 1. The van der Waals surface area contributed by atoms with Gasteiger partial charge < -0.3 is 9.64 Å². The number of ketones is 1. The number of aryl methyl sites for hydroxylation is 1. The third-order valence-electron chi connectivity index (χ3n) is 9.09. The summed E-state index contributed by atoms with van der Waals surface area (Å²) in [7, 11) is 0. The molecule has 0 radical (unpaired) electrons. The van der Waals surface area contributed by atoms with E-state index in [1.54, 1.807) is 6.07 Å². The fourth-order valence-corrected chi connectivity index (χ4v) is 8.16. The molecule has 1 aromatic carbocycles. The summed E-state index contributed by atoms with van der Waals surface area (Å²) in [5.41, 5.74) is 1.34. The number of Topliss-reactive ketones (excluding diaryl/α,β-unsaturated/α-hetero) is 1. The Hall–Kier alpha value is -1.55. The van der Waals surface area contributed by atoms with Crippen molar-refractivity contribution in [1.82, 2.24) is 4.90 Å². The zero-order valence-corrected chi connectivity index (χ0v) is 19.2. The maximum atomic E-state index is 13.3. The molecule has 1 spiro atoms. The first-order chi connectivity index (χ1) is 14.8. The highest BCUT2D eigenvalue weighted by atomic mass is 35.5. The summed E-state index contributed by atoms with van der Waals surface area (Å²) in [6.45, 7) is 3.32. The van der Waals surface area contributed by atoms with E-state index < -0.39 is 5.60 Å². The van der Waals surface area contributed by atoms with Crippen molar-refractivity contribution in [2.75, 3.05) is 13.1 Å². The zero-order valence-electron chi connectivity index (χ0n) is 18.4. The van der Waals surface area contributed by atoms with Crippen LogP contribution in [0.2, 0.25) is 5.02 Å². The Balaban J connectivity index is 1.12. The van der Waals surface area contributed by atoms with Crippen molar-refractivity contribution >= 4 is 23.3 Å². The number of ether oxygens (including phenoxy) is 1. The molecule has 1 amide bonds. The van der Waals surface area contributed by atoms with Crippen LogP contribution in [0.25, 0.3) is 0 Å². The van der Waals surface area contributed by atoms with Crippen LogP contribution in [0.3, 0.4) is 0 Å². The van der Waals surface area contributed by atoms with Gasteiger partial charge in [-0.1, -0.05) is 11.6 Å². The maximum absolute atomic E-state index is 13.3. The van der Waals surface area contributed by atoms with Crippen molar-refractivity contribution in [2.24, 2.45) is 23.2 Å². The van der Waals surface area contributed by atoms with Crippen LogP contribution < -0.4 is 4.74 Å². The van der Waals surface area contributed by atoms with Gasteiger partial charge in [0.25, 0.3) is 0 Å². The number of likely N-dealkylation sites (tertiary alicyclic amines) is 1. The second kappa shape index (κ2) is 6.97. The third kappa shape index (κ3) is 3.41. The molecule has 0 unspecified atom stereocenters. The predicted molar refractivity (Wildman–Crippen MR) is 120 cm³/mol. The topological polar surface area (TPSA) is 46.6 Å². The summed E-state index contributed by atoms with van der Waals surface area (Å²) in [4.78, 5) is 28.2. The number of carbonyl (C=O) groups excluding carboxylic acids is 2. The molecule has 1 saturated heterocycles. The molecular formula is C26H32ClNO3. The van der Waals surface area contributed by atoms with E-state index in [2.05, 4.69) is 4.90 Å². The SMILES string of the molecule is Cc1cc2c(cc1Cl)C(=O)CC1(CCN(C(=O)CC34CC5CC(CC(C5)C3)C4)CC1)O2. The van der Waals surface area contributed by atoms with E-state index in [9.17, 15) is 9.59 Å². The van der Waals surface area contributed by atoms with E-state index in [1.165, 1.54) is 38.5 Å². The normalized spacial score (nSPS) is 35.2. The lowest BCUT2D eigenvalue weighted by molar-refractivity contribution is -0.142. The number of hydrogen-bond donors (Lipinski definition) is 0. The third-order valence-corrected chi connectivity index (χ3v) is 9.50. The van der Waals surface area contributed by atoms with E-state index in [0.717, 1.165) is 42.6 Å². The van der Waals surface area contributed by atoms with Crippen LogP contribution in [0.15, 0.2) is 12.1 Å². The number of hydrogen-bond acceptors (Lipinski definition) is 3. The monoisotopic (exact) mass is 441 g/mol. The first-order valence-corrected chi connectivity index (χ1v) is 12.5. The minimum Gasteiger partial charge on any atom is -0.486 e. The Morgan fingerprint density at radius 1 is 1.10 bits per heavy atom. The Labute approximate surface area is 189 Å². The van der Waals surface area contributed by atoms with Crippen molar-refractivity contribution in [3.8, 4) is 5.75 Å². The van der Waals surface area contributed by atoms with E-state index >= 15 is 0 Å². The molecule has 6 aliphatic rings. The van der Waals surface area contributed by atoms with Crippen molar-refractivity contribution in [3.05, 3.63) is 28.3 Å². The second-order valence-electron chi connectivity index (χ2n) is 11.5. The molecular weight excluding hydrogens is 410 g/mol. The summed E-state index contributed by atoms with van der Waals surface area (Å²) in [6, 6.07) is 3.63. The van der Waals surface area contributed by atoms with Gasteiger partial charge in [0.15, 0.2) is 5.78 Å². The van der Waals surface area contributed by atoms with Crippen molar-refractivity contribution in [3.63, 3.8) is 0 Å². The molecule has 5 heteroatoms. The van der Waals surface area contributed by atoms with E-state index in [-0.39, 0.29) is 11.2 Å². The maximum Gasteiger partial charge on any atom is 0.223 e. The molecule has 5 fully saturated rings. The zero-order chi connectivity index (χ0) is 21.4. The number of rotatable bonds is 2. The molecule has 0 N–H and O–H groups in total. The average molecular weight is 442 g/mol. The van der Waals surface area contributed by atoms with Gasteiger partial charge in [0, 0.05) is 37.4 Å².